The molecule has 2 aromatic heterocycles. The van der Waals surface area contributed by atoms with Crippen molar-refractivity contribution < 1.29 is 19.2 Å². The highest BCUT2D eigenvalue weighted by Crippen LogP contribution is 2.08. The Balaban J connectivity index is 2.04. The molecule has 1 atom stereocenters. The monoisotopic (exact) mass is 306 g/mol. The molecule has 0 saturated carbocycles. The lowest BCUT2D eigenvalue weighted by atomic mass is 10.0. The molecule has 0 unspecified atom stereocenters. The summed E-state index contributed by atoms with van der Waals surface area (Å²) in [6.45, 7) is 5.70. The molecule has 2 heterocycles. The highest BCUT2D eigenvalue weighted by Gasteiger charge is 2.25. The first-order valence-electron chi connectivity index (χ1n) is 6.85. The maximum atomic E-state index is 12.0. The van der Waals surface area contributed by atoms with Gasteiger partial charge < -0.3 is 14.9 Å². The lowest BCUT2D eigenvalue weighted by Gasteiger charge is -2.16. The van der Waals surface area contributed by atoms with Gasteiger partial charge in [-0.3, -0.25) is 9.48 Å². The van der Waals surface area contributed by atoms with Crippen molar-refractivity contribution in [3.63, 3.8) is 0 Å². The van der Waals surface area contributed by atoms with Crippen LogP contribution in [-0.2, 0) is 11.3 Å². The lowest BCUT2D eigenvalue weighted by Crippen LogP contribution is -2.44. The number of hydrogen-bond donors (Lipinski definition) is 2. The number of carboxylic acids is 1. The van der Waals surface area contributed by atoms with Gasteiger partial charge in [-0.05, 0) is 18.4 Å². The van der Waals surface area contributed by atoms with Crippen molar-refractivity contribution in [3.05, 3.63) is 35.5 Å². The summed E-state index contributed by atoms with van der Waals surface area (Å²) in [4.78, 5) is 23.1. The molecule has 8 nitrogen and oxygen atoms in total. The molecule has 22 heavy (non-hydrogen) atoms. The van der Waals surface area contributed by atoms with Crippen molar-refractivity contribution in [3.8, 4) is 0 Å². The molecule has 0 spiro atoms. The summed E-state index contributed by atoms with van der Waals surface area (Å²) in [7, 11) is 0. The van der Waals surface area contributed by atoms with E-state index in [1.807, 2.05) is 13.1 Å². The van der Waals surface area contributed by atoms with Gasteiger partial charge in [0.1, 0.15) is 12.6 Å². The second-order valence-electron chi connectivity index (χ2n) is 5.43. The molecule has 8 heteroatoms. The summed E-state index contributed by atoms with van der Waals surface area (Å²) in [5.41, 5.74) is 1.06. The number of aliphatic carboxylic acids is 1. The molecule has 0 bridgehead atoms. The topological polar surface area (TPSA) is 110 Å². The third-order valence-corrected chi connectivity index (χ3v) is 3.09. The predicted molar refractivity (Wildman–Crippen MR) is 76.3 cm³/mol. The van der Waals surface area contributed by atoms with E-state index in [4.69, 9.17) is 9.63 Å². The summed E-state index contributed by atoms with van der Waals surface area (Å²) in [6, 6.07) is 0.507. The minimum absolute atomic E-state index is 0.0470. The molecule has 0 aromatic carbocycles. The largest absolute Gasteiger partial charge is 0.480 e. The second kappa shape index (κ2) is 6.42. The van der Waals surface area contributed by atoms with Gasteiger partial charge in [0.05, 0.1) is 6.20 Å². The highest BCUT2D eigenvalue weighted by atomic mass is 16.5. The average Bonchev–Trinajstić information content (AvgIpc) is 3.05. The average molecular weight is 306 g/mol. The molecule has 1 amide bonds. The van der Waals surface area contributed by atoms with Crippen molar-refractivity contribution in [1.29, 1.82) is 0 Å². The normalized spacial score (nSPS) is 12.4. The maximum Gasteiger partial charge on any atom is 0.326 e. The van der Waals surface area contributed by atoms with Crippen molar-refractivity contribution in [2.75, 3.05) is 0 Å². The smallest absolute Gasteiger partial charge is 0.326 e. The second-order valence-corrected chi connectivity index (χ2v) is 5.43. The zero-order chi connectivity index (χ0) is 16.3. The van der Waals surface area contributed by atoms with Gasteiger partial charge in [-0.25, -0.2) is 4.79 Å². The maximum absolute atomic E-state index is 12.0. The van der Waals surface area contributed by atoms with Crippen LogP contribution in [0.25, 0.3) is 0 Å². The number of carbonyl (C=O) groups is 2. The number of hydrogen-bond acceptors (Lipinski definition) is 5. The number of nitrogens with one attached hydrogen (secondary N) is 1. The minimum Gasteiger partial charge on any atom is -0.480 e. The third-order valence-electron chi connectivity index (χ3n) is 3.09. The molecule has 2 aromatic rings. The number of rotatable bonds is 6. The molecule has 2 N–H and O–H groups in total. The van der Waals surface area contributed by atoms with Gasteiger partial charge in [0, 0.05) is 12.3 Å². The van der Waals surface area contributed by atoms with E-state index in [1.165, 1.54) is 6.07 Å². The molecule has 2 rings (SSSR count). The molecule has 0 aliphatic carbocycles. The Kier molecular flexibility index (Phi) is 4.59. The quantitative estimate of drug-likeness (QED) is 0.826. The molecule has 118 valence electrons. The van der Waals surface area contributed by atoms with E-state index in [2.05, 4.69) is 15.6 Å². The Bertz CT molecular complexity index is 674. The van der Waals surface area contributed by atoms with Crippen molar-refractivity contribution >= 4 is 11.9 Å². The standard InChI is InChI=1S/C14H18N4O4/c1-8(2)12(14(20)21)16-13(19)11-4-10(22-17-11)7-18-6-9(3)5-15-18/h4-6,8,12H,7H2,1-3H3,(H,16,19)(H,20,21)/t12-/m0/s1. The molecule has 0 aliphatic rings. The number of amides is 1. The summed E-state index contributed by atoms with van der Waals surface area (Å²) in [6.07, 6.45) is 3.55. The van der Waals surface area contributed by atoms with Gasteiger partial charge in [-0.15, -0.1) is 0 Å². The van der Waals surface area contributed by atoms with E-state index >= 15 is 0 Å². The molecular weight excluding hydrogens is 288 g/mol. The van der Waals surface area contributed by atoms with Crippen LogP contribution in [0.4, 0.5) is 0 Å². The number of carbonyl (C=O) groups excluding carboxylic acids is 1. The van der Waals surface area contributed by atoms with E-state index in [-0.39, 0.29) is 11.6 Å². The number of aryl methyl sites for hydroxylation is 1. The zero-order valence-corrected chi connectivity index (χ0v) is 12.6. The van der Waals surface area contributed by atoms with E-state index in [0.717, 1.165) is 5.56 Å². The van der Waals surface area contributed by atoms with Crippen molar-refractivity contribution in [2.24, 2.45) is 5.92 Å². The Labute approximate surface area is 127 Å². The van der Waals surface area contributed by atoms with E-state index in [0.29, 0.717) is 12.3 Å². The Morgan fingerprint density at radius 1 is 1.45 bits per heavy atom. The molecule has 0 radical (unpaired) electrons. The Hall–Kier alpha value is -2.64. The number of aromatic nitrogens is 3. The minimum atomic E-state index is -1.08. The van der Waals surface area contributed by atoms with Crippen molar-refractivity contribution in [1.82, 2.24) is 20.3 Å². The fourth-order valence-electron chi connectivity index (χ4n) is 1.94. The third kappa shape index (κ3) is 3.72. The van der Waals surface area contributed by atoms with Gasteiger partial charge in [0.15, 0.2) is 11.5 Å². The van der Waals surface area contributed by atoms with E-state index in [1.54, 1.807) is 24.7 Å². The Morgan fingerprint density at radius 3 is 2.73 bits per heavy atom. The van der Waals surface area contributed by atoms with Gasteiger partial charge in [0.2, 0.25) is 0 Å². The van der Waals surface area contributed by atoms with E-state index in [9.17, 15) is 9.59 Å². The van der Waals surface area contributed by atoms with Crippen molar-refractivity contribution in [2.45, 2.75) is 33.4 Å². The molecular formula is C14H18N4O4. The van der Waals surface area contributed by atoms with Crippen LogP contribution in [0, 0.1) is 12.8 Å². The van der Waals surface area contributed by atoms with Crippen LogP contribution in [0.15, 0.2) is 23.0 Å². The summed E-state index contributed by atoms with van der Waals surface area (Å²) in [5, 5.41) is 19.3. The van der Waals surface area contributed by atoms with Crippen LogP contribution in [-0.4, -0.2) is 38.0 Å². The van der Waals surface area contributed by atoms with Gasteiger partial charge in [-0.1, -0.05) is 19.0 Å². The molecule has 0 fully saturated rings. The fourth-order valence-corrected chi connectivity index (χ4v) is 1.94. The van der Waals surface area contributed by atoms with Crippen LogP contribution in [0.3, 0.4) is 0 Å². The van der Waals surface area contributed by atoms with Crippen LogP contribution in [0.5, 0.6) is 0 Å². The lowest BCUT2D eigenvalue weighted by molar-refractivity contribution is -0.140. The number of carboxylic acid groups (broad SMARTS) is 1. The van der Waals surface area contributed by atoms with Crippen LogP contribution in [0.1, 0.15) is 35.7 Å². The molecule has 0 saturated heterocycles. The first-order valence-corrected chi connectivity index (χ1v) is 6.85. The van der Waals surface area contributed by atoms with Crippen LogP contribution >= 0.6 is 0 Å². The first kappa shape index (κ1) is 15.7. The zero-order valence-electron chi connectivity index (χ0n) is 12.6. The molecule has 0 aliphatic heterocycles. The van der Waals surface area contributed by atoms with Gasteiger partial charge in [-0.2, -0.15) is 5.10 Å². The Morgan fingerprint density at radius 2 is 2.18 bits per heavy atom. The number of nitrogens with zero attached hydrogens (tertiary/aromatic N) is 3. The van der Waals surface area contributed by atoms with E-state index < -0.39 is 17.9 Å². The summed E-state index contributed by atoms with van der Waals surface area (Å²) >= 11 is 0. The van der Waals surface area contributed by atoms with Gasteiger partial charge in [0.25, 0.3) is 5.91 Å². The SMILES string of the molecule is Cc1cnn(Cc2cc(C(=O)N[C@H](C(=O)O)C(C)C)no2)c1. The van der Waals surface area contributed by atoms with Crippen LogP contribution in [0.2, 0.25) is 0 Å². The predicted octanol–water partition coefficient (Wildman–Crippen LogP) is 1.07. The highest BCUT2D eigenvalue weighted by molar-refractivity contribution is 5.94. The first-order chi connectivity index (χ1) is 10.4. The summed E-state index contributed by atoms with van der Waals surface area (Å²) < 4.78 is 6.74. The summed E-state index contributed by atoms with van der Waals surface area (Å²) in [5.74, 6) is -1.43. The van der Waals surface area contributed by atoms with Gasteiger partial charge >= 0.3 is 5.97 Å². The fraction of sp³-hybridized carbons (Fsp3) is 0.429. The van der Waals surface area contributed by atoms with Crippen LogP contribution < -0.4 is 5.32 Å².